The maximum atomic E-state index is 12.1. The van der Waals surface area contributed by atoms with Crippen LogP contribution in [0.5, 0.6) is 0 Å². The molecular formula is C15H22IN3O. The van der Waals surface area contributed by atoms with Crippen LogP contribution in [0, 0.1) is 3.57 Å². The fourth-order valence-electron chi connectivity index (χ4n) is 2.41. The second-order valence-corrected chi connectivity index (χ2v) is 6.78. The average molecular weight is 387 g/mol. The number of halogens is 1. The van der Waals surface area contributed by atoms with Crippen LogP contribution in [-0.2, 0) is 4.79 Å². The minimum atomic E-state index is 0.0715. The zero-order valence-corrected chi connectivity index (χ0v) is 14.2. The van der Waals surface area contributed by atoms with Crippen molar-refractivity contribution in [2.24, 2.45) is 0 Å². The van der Waals surface area contributed by atoms with Gasteiger partial charge < -0.3 is 10.6 Å². The van der Waals surface area contributed by atoms with Crippen molar-refractivity contribution in [3.8, 4) is 0 Å². The Kier molecular flexibility index (Phi) is 5.40. The normalized spacial score (nSPS) is 18.8. The summed E-state index contributed by atoms with van der Waals surface area (Å²) < 4.78 is 1.07. The molecule has 1 heterocycles. The Morgan fingerprint density at radius 3 is 2.60 bits per heavy atom. The van der Waals surface area contributed by atoms with Gasteiger partial charge in [-0.25, -0.2) is 0 Å². The van der Waals surface area contributed by atoms with Gasteiger partial charge in [0.25, 0.3) is 0 Å². The first-order valence-electron chi connectivity index (χ1n) is 6.98. The fraction of sp³-hybridized carbons (Fsp3) is 0.533. The van der Waals surface area contributed by atoms with Crippen molar-refractivity contribution in [3.05, 3.63) is 27.8 Å². The molecule has 1 aromatic carbocycles. The Hall–Kier alpha value is -0.660. The number of likely N-dealkylation sites (tertiary alicyclic amines) is 1. The summed E-state index contributed by atoms with van der Waals surface area (Å²) in [5.41, 5.74) is 1.12. The molecule has 0 radical (unpaired) electrons. The van der Waals surface area contributed by atoms with E-state index in [2.05, 4.69) is 45.0 Å². The summed E-state index contributed by atoms with van der Waals surface area (Å²) in [6, 6.07) is 7.85. The number of para-hydroxylation sites is 1. The number of benzene rings is 1. The molecule has 0 bridgehead atoms. The number of carbonyl (C=O) groups excluding carboxylic acids is 1. The van der Waals surface area contributed by atoms with Crippen molar-refractivity contribution in [2.45, 2.75) is 25.3 Å². The van der Waals surface area contributed by atoms with Crippen molar-refractivity contribution in [3.63, 3.8) is 0 Å². The molecule has 0 aromatic heterocycles. The highest BCUT2D eigenvalue weighted by atomic mass is 127. The number of hydrogen-bond donors (Lipinski definition) is 2. The van der Waals surface area contributed by atoms with E-state index in [0.29, 0.717) is 6.54 Å². The van der Waals surface area contributed by atoms with Crippen LogP contribution in [-0.4, -0.2) is 43.0 Å². The number of nitrogens with one attached hydrogen (secondary N) is 2. The minimum Gasteiger partial charge on any atom is -0.324 e. The molecule has 1 aromatic rings. The molecule has 2 N–H and O–H groups in total. The van der Waals surface area contributed by atoms with Gasteiger partial charge in [-0.3, -0.25) is 9.69 Å². The zero-order chi connectivity index (χ0) is 14.6. The second kappa shape index (κ2) is 6.87. The lowest BCUT2D eigenvalue weighted by Crippen LogP contribution is -2.51. The van der Waals surface area contributed by atoms with Gasteiger partial charge in [0.1, 0.15) is 0 Å². The van der Waals surface area contributed by atoms with E-state index in [1.807, 2.05) is 31.3 Å². The molecule has 0 aliphatic carbocycles. The second-order valence-electron chi connectivity index (χ2n) is 5.61. The lowest BCUT2D eigenvalue weighted by atomic mass is 9.90. The SMILES string of the molecule is CNC1(C)CCN(CC(=O)Nc2ccccc2I)CC1. The van der Waals surface area contributed by atoms with Crippen LogP contribution in [0.2, 0.25) is 0 Å². The molecule has 2 rings (SSSR count). The van der Waals surface area contributed by atoms with Gasteiger partial charge in [-0.15, -0.1) is 0 Å². The first-order chi connectivity index (χ1) is 9.52. The van der Waals surface area contributed by atoms with Crippen molar-refractivity contribution in [2.75, 3.05) is 32.0 Å². The summed E-state index contributed by atoms with van der Waals surface area (Å²) in [4.78, 5) is 14.3. The summed E-state index contributed by atoms with van der Waals surface area (Å²) in [6.45, 7) is 4.66. The maximum Gasteiger partial charge on any atom is 0.238 e. The van der Waals surface area contributed by atoms with Crippen LogP contribution in [0.4, 0.5) is 5.69 Å². The summed E-state index contributed by atoms with van der Waals surface area (Å²) >= 11 is 2.24. The largest absolute Gasteiger partial charge is 0.324 e. The molecule has 20 heavy (non-hydrogen) atoms. The first-order valence-corrected chi connectivity index (χ1v) is 8.06. The van der Waals surface area contributed by atoms with Crippen LogP contribution < -0.4 is 10.6 Å². The maximum absolute atomic E-state index is 12.1. The van der Waals surface area contributed by atoms with Crippen LogP contribution in [0.1, 0.15) is 19.8 Å². The van der Waals surface area contributed by atoms with E-state index in [1.165, 1.54) is 0 Å². The number of piperidine rings is 1. The van der Waals surface area contributed by atoms with E-state index in [9.17, 15) is 4.79 Å². The van der Waals surface area contributed by atoms with E-state index in [1.54, 1.807) is 0 Å². The third-order valence-corrected chi connectivity index (χ3v) is 5.02. The predicted molar refractivity (Wildman–Crippen MR) is 90.9 cm³/mol. The lowest BCUT2D eigenvalue weighted by Gasteiger charge is -2.39. The average Bonchev–Trinajstić information content (AvgIpc) is 2.44. The molecule has 1 saturated heterocycles. The number of nitrogens with zero attached hydrogens (tertiary/aromatic N) is 1. The first kappa shape index (κ1) is 15.7. The highest BCUT2D eigenvalue weighted by Crippen LogP contribution is 2.21. The smallest absolute Gasteiger partial charge is 0.238 e. The van der Waals surface area contributed by atoms with Gasteiger partial charge in [0.15, 0.2) is 0 Å². The molecule has 1 fully saturated rings. The van der Waals surface area contributed by atoms with Crippen molar-refractivity contribution >= 4 is 34.2 Å². The number of amides is 1. The Labute approximate surface area is 134 Å². The van der Waals surface area contributed by atoms with Gasteiger partial charge in [0.05, 0.1) is 12.2 Å². The van der Waals surface area contributed by atoms with Gasteiger partial charge in [0.2, 0.25) is 5.91 Å². The van der Waals surface area contributed by atoms with Gasteiger partial charge in [-0.2, -0.15) is 0 Å². The van der Waals surface area contributed by atoms with Crippen molar-refractivity contribution in [1.29, 1.82) is 0 Å². The van der Waals surface area contributed by atoms with E-state index < -0.39 is 0 Å². The van der Waals surface area contributed by atoms with Crippen molar-refractivity contribution < 1.29 is 4.79 Å². The van der Waals surface area contributed by atoms with Gasteiger partial charge >= 0.3 is 0 Å². The highest BCUT2D eigenvalue weighted by molar-refractivity contribution is 14.1. The molecule has 110 valence electrons. The molecule has 0 spiro atoms. The summed E-state index contributed by atoms with van der Waals surface area (Å²) in [5, 5.41) is 6.36. The van der Waals surface area contributed by atoms with Crippen molar-refractivity contribution in [1.82, 2.24) is 10.2 Å². The van der Waals surface area contributed by atoms with E-state index >= 15 is 0 Å². The Balaban J connectivity index is 1.83. The van der Waals surface area contributed by atoms with Gasteiger partial charge in [-0.05, 0) is 61.5 Å². The standard InChI is InChI=1S/C15H22IN3O/c1-15(17-2)7-9-19(10-8-15)11-14(20)18-13-6-4-3-5-12(13)16/h3-6,17H,7-11H2,1-2H3,(H,18,20). The third kappa shape index (κ3) is 4.17. The van der Waals surface area contributed by atoms with Crippen LogP contribution >= 0.6 is 22.6 Å². The topological polar surface area (TPSA) is 44.4 Å². The monoisotopic (exact) mass is 387 g/mol. The van der Waals surface area contributed by atoms with Gasteiger partial charge in [0, 0.05) is 22.2 Å². The third-order valence-electron chi connectivity index (χ3n) is 4.08. The molecule has 1 aliphatic rings. The molecular weight excluding hydrogens is 365 g/mol. The number of hydrogen-bond acceptors (Lipinski definition) is 3. The van der Waals surface area contributed by atoms with E-state index in [-0.39, 0.29) is 11.4 Å². The predicted octanol–water partition coefficient (Wildman–Crippen LogP) is 2.30. The molecule has 0 unspecified atom stereocenters. The molecule has 1 amide bonds. The Bertz CT molecular complexity index is 470. The molecule has 4 nitrogen and oxygen atoms in total. The molecule has 0 atom stereocenters. The van der Waals surface area contributed by atoms with Gasteiger partial charge in [-0.1, -0.05) is 12.1 Å². The Morgan fingerprint density at radius 2 is 2.00 bits per heavy atom. The summed E-state index contributed by atoms with van der Waals surface area (Å²) in [5.74, 6) is 0.0715. The number of anilines is 1. The van der Waals surface area contributed by atoms with E-state index in [0.717, 1.165) is 35.2 Å². The zero-order valence-electron chi connectivity index (χ0n) is 12.1. The minimum absolute atomic E-state index is 0.0715. The molecule has 5 heteroatoms. The molecule has 1 aliphatic heterocycles. The van der Waals surface area contributed by atoms with Crippen LogP contribution in [0.25, 0.3) is 0 Å². The quantitative estimate of drug-likeness (QED) is 0.780. The number of rotatable bonds is 4. The highest BCUT2D eigenvalue weighted by Gasteiger charge is 2.28. The van der Waals surface area contributed by atoms with Crippen LogP contribution in [0.3, 0.4) is 0 Å². The molecule has 0 saturated carbocycles. The van der Waals surface area contributed by atoms with E-state index in [4.69, 9.17) is 0 Å². The van der Waals surface area contributed by atoms with Crippen LogP contribution in [0.15, 0.2) is 24.3 Å². The lowest BCUT2D eigenvalue weighted by molar-refractivity contribution is -0.117. The fourth-order valence-corrected chi connectivity index (χ4v) is 2.93. The summed E-state index contributed by atoms with van der Waals surface area (Å²) in [7, 11) is 2.01. The Morgan fingerprint density at radius 1 is 1.35 bits per heavy atom. The number of carbonyl (C=O) groups is 1. The summed E-state index contributed by atoms with van der Waals surface area (Å²) in [6.07, 6.45) is 2.17.